The fourth-order valence-corrected chi connectivity index (χ4v) is 11.2. The summed E-state index contributed by atoms with van der Waals surface area (Å²) in [6, 6.07) is 1.40. The van der Waals surface area contributed by atoms with E-state index in [9.17, 15) is 45.2 Å². The lowest BCUT2D eigenvalue weighted by Gasteiger charge is -2.37. The van der Waals surface area contributed by atoms with Gasteiger partial charge in [-0.15, -0.1) is 0 Å². The minimum absolute atomic E-state index is 0.0138. The minimum atomic E-state index is -4.98. The highest BCUT2D eigenvalue weighted by Gasteiger charge is 2.64. The number of nitrogens with zero attached hydrogens (tertiary/aromatic N) is 2. The number of aryl methyl sites for hydroxylation is 1. The maximum atomic E-state index is 14.8. The summed E-state index contributed by atoms with van der Waals surface area (Å²) in [4.78, 5) is 62.0. The van der Waals surface area contributed by atoms with Gasteiger partial charge in [0, 0.05) is 23.3 Å². The molecule has 330 valence electrons. The number of hydrogen-bond acceptors (Lipinski definition) is 10. The number of allylic oxidation sites excluding steroid dienone is 1. The van der Waals surface area contributed by atoms with Crippen LogP contribution in [0, 0.1) is 17.8 Å². The van der Waals surface area contributed by atoms with Gasteiger partial charge in [0.2, 0.25) is 28.7 Å². The molecule has 1 unspecified atom stereocenters. The van der Waals surface area contributed by atoms with Crippen LogP contribution in [0.3, 0.4) is 0 Å². The number of sulfonamides is 1. The number of halogens is 4. The third-order valence-corrected chi connectivity index (χ3v) is 16.2. The first-order chi connectivity index (χ1) is 28.9. The first kappa shape index (κ1) is 41.7. The van der Waals surface area contributed by atoms with Crippen LogP contribution in [0.4, 0.5) is 22.4 Å². The fourth-order valence-electron chi connectivity index (χ4n) is 9.94. The number of carbonyl (C=O) groups excluding carboxylic acids is 4. The molecule has 61 heavy (non-hydrogen) atoms. The van der Waals surface area contributed by atoms with E-state index < -0.39 is 92.2 Å². The van der Waals surface area contributed by atoms with Crippen molar-refractivity contribution in [3.8, 4) is 11.5 Å². The first-order valence-corrected chi connectivity index (χ1v) is 22.7. The molecule has 3 N–H and O–H groups in total. The number of rotatable bonds is 7. The monoisotopic (exact) mass is 875 g/mol. The van der Waals surface area contributed by atoms with Crippen LogP contribution < -0.4 is 24.8 Å². The summed E-state index contributed by atoms with van der Waals surface area (Å²) >= 11 is 0. The van der Waals surface area contributed by atoms with Crippen LogP contribution in [0.2, 0.25) is 0 Å². The van der Waals surface area contributed by atoms with E-state index in [1.165, 1.54) is 30.0 Å². The van der Waals surface area contributed by atoms with Crippen molar-refractivity contribution in [2.75, 3.05) is 13.4 Å². The van der Waals surface area contributed by atoms with E-state index in [-0.39, 0.29) is 67.0 Å². The van der Waals surface area contributed by atoms with Crippen LogP contribution >= 0.6 is 0 Å². The summed E-state index contributed by atoms with van der Waals surface area (Å²) in [5.74, 6) is -2.47. The van der Waals surface area contributed by atoms with Gasteiger partial charge in [0.25, 0.3) is 5.91 Å². The molecule has 0 bridgehead atoms. The largest absolute Gasteiger partial charge is 0.483 e. The van der Waals surface area contributed by atoms with Crippen molar-refractivity contribution in [2.45, 2.75) is 137 Å². The van der Waals surface area contributed by atoms with E-state index in [1.54, 1.807) is 6.08 Å². The predicted octanol–water partition coefficient (Wildman–Crippen LogP) is 5.51. The van der Waals surface area contributed by atoms with Crippen LogP contribution in [-0.2, 0) is 41.7 Å². The summed E-state index contributed by atoms with van der Waals surface area (Å²) < 4.78 is 102. The molecule has 9 rings (SSSR count). The fraction of sp³-hybridized carbons (Fsp3) is 0.643. The van der Waals surface area contributed by atoms with Gasteiger partial charge < -0.3 is 29.7 Å². The maximum absolute atomic E-state index is 14.8. The molecule has 1 aromatic heterocycles. The Morgan fingerprint density at radius 3 is 2.56 bits per heavy atom. The molecule has 3 aliphatic heterocycles. The van der Waals surface area contributed by atoms with Crippen molar-refractivity contribution in [2.24, 2.45) is 17.8 Å². The third-order valence-electron chi connectivity index (χ3n) is 14.0. The molecule has 14 nitrogen and oxygen atoms in total. The van der Waals surface area contributed by atoms with Gasteiger partial charge in [-0.25, -0.2) is 22.6 Å². The molecule has 1 saturated heterocycles. The highest BCUT2D eigenvalue weighted by atomic mass is 32.2. The second kappa shape index (κ2) is 15.0. The van der Waals surface area contributed by atoms with Crippen molar-refractivity contribution in [1.29, 1.82) is 0 Å². The number of alkyl halides is 4. The van der Waals surface area contributed by atoms with Gasteiger partial charge in [-0.2, -0.15) is 13.2 Å². The highest BCUT2D eigenvalue weighted by molar-refractivity contribution is 7.91. The minimum Gasteiger partial charge on any atom is -0.483 e. The van der Waals surface area contributed by atoms with Crippen LogP contribution in [-0.4, -0.2) is 89.6 Å². The van der Waals surface area contributed by atoms with Gasteiger partial charge >= 0.3 is 12.3 Å². The second-order valence-corrected chi connectivity index (χ2v) is 20.5. The molecule has 1 spiro atoms. The molecule has 2 aromatic rings. The number of amides is 4. The number of benzene rings is 1. The van der Waals surface area contributed by atoms with Gasteiger partial charge in [-0.05, 0) is 108 Å². The lowest BCUT2D eigenvalue weighted by atomic mass is 9.87. The van der Waals surface area contributed by atoms with Gasteiger partial charge in [-0.3, -0.25) is 19.1 Å². The van der Waals surface area contributed by atoms with Crippen molar-refractivity contribution in [3.63, 3.8) is 0 Å². The smallest absolute Gasteiger partial charge is 0.437 e. The van der Waals surface area contributed by atoms with Crippen molar-refractivity contribution in [3.05, 3.63) is 41.6 Å². The van der Waals surface area contributed by atoms with Gasteiger partial charge in [-0.1, -0.05) is 25.0 Å². The zero-order valence-electron chi connectivity index (χ0n) is 33.7. The molecule has 19 heteroatoms. The second-order valence-electron chi connectivity index (χ2n) is 18.3. The van der Waals surface area contributed by atoms with Crippen LogP contribution in [0.15, 0.2) is 30.4 Å². The Balaban J connectivity index is 1.06. The number of pyridine rings is 1. The molecule has 1 aromatic carbocycles. The summed E-state index contributed by atoms with van der Waals surface area (Å²) in [5.41, 5.74) is -4.44. The Hall–Kier alpha value is -4.68. The van der Waals surface area contributed by atoms with Crippen LogP contribution in [0.5, 0.6) is 11.5 Å². The molecule has 4 aliphatic carbocycles. The average molecular weight is 876 g/mol. The summed E-state index contributed by atoms with van der Waals surface area (Å²) in [6.07, 6.45) is 3.36. The van der Waals surface area contributed by atoms with Crippen molar-refractivity contribution < 1.29 is 59.4 Å². The van der Waals surface area contributed by atoms with E-state index in [0.717, 1.165) is 19.3 Å². The third kappa shape index (κ3) is 7.88. The van der Waals surface area contributed by atoms with Crippen molar-refractivity contribution >= 4 is 44.7 Å². The summed E-state index contributed by atoms with van der Waals surface area (Å²) in [6.45, 7) is -0.00372. The number of ether oxygens (including phenoxy) is 3. The zero-order valence-corrected chi connectivity index (χ0v) is 34.5. The molecular formula is C42H49F4N5O9S. The van der Waals surface area contributed by atoms with Gasteiger partial charge in [0.05, 0.1) is 16.8 Å². The molecular weight excluding hydrogens is 827 g/mol. The van der Waals surface area contributed by atoms with E-state index in [1.807, 2.05) is 6.08 Å². The van der Waals surface area contributed by atoms with E-state index in [4.69, 9.17) is 14.2 Å². The quantitative estimate of drug-likeness (QED) is 0.237. The number of hydrogen-bond donors (Lipinski definition) is 3. The molecule has 7 aliphatic rings. The predicted molar refractivity (Wildman–Crippen MR) is 209 cm³/mol. The molecule has 4 saturated carbocycles. The standard InChI is InChI=1S/C42H49F4N5O9S/c1-39(13-14-39)61(56,57)50-37(54)41-19-25(41)7-5-3-2-4-6-8-31(48-38(55)59-27-16-23-15-24(23)17-27)36(53)51-21-40(20-32(51)35(52)49-41)12-11-28-29-18-26(58-22-43)9-10-30(29)47-34(33(28)60-40)42(44,45)46/h5,7,9-10,18,23-25,27,31-32H,2-4,6,8,11-17,19-22H2,1H3,(H,48,55)(H,49,52)(H,50,54)/b7-5-/t23-,24+,25-,27?,31+,32+,40-,41-/m1/s1. The van der Waals surface area contributed by atoms with Gasteiger partial charge in [0.15, 0.2) is 11.4 Å². The Kier molecular flexibility index (Phi) is 10.2. The molecule has 4 heterocycles. The molecule has 4 amide bonds. The Labute approximate surface area is 349 Å². The SMILES string of the molecule is CC1(S(=O)(=O)NC(=O)[C@@]23C[C@H]2/C=C\CCCCC[C@H](NC(=O)OC2C[C@@H]4C[C@@H]4C2)C(=O)N2C[C@@]4(CCc5c(c(C(F)(F)F)nc6ccc(OCF)cc56)O4)C[C@H]2C(=O)N3)CC1. The normalized spacial score (nSPS) is 33.4. The first-order valence-electron chi connectivity index (χ1n) is 21.2. The molecule has 5 fully saturated rings. The maximum Gasteiger partial charge on any atom is 0.437 e. The van der Waals surface area contributed by atoms with E-state index >= 15 is 0 Å². The summed E-state index contributed by atoms with van der Waals surface area (Å²) in [5, 5.41) is 5.78. The topological polar surface area (TPSA) is 182 Å². The van der Waals surface area contributed by atoms with Crippen molar-refractivity contribution in [1.82, 2.24) is 25.2 Å². The van der Waals surface area contributed by atoms with Crippen LogP contribution in [0.1, 0.15) is 102 Å². The number of nitrogens with one attached hydrogen (secondary N) is 3. The molecule has 0 radical (unpaired) electrons. The lowest BCUT2D eigenvalue weighted by Crippen LogP contribution is -2.58. The number of fused-ring (bicyclic) bond motifs is 6. The zero-order chi connectivity index (χ0) is 43.1. The van der Waals surface area contributed by atoms with Gasteiger partial charge in [0.1, 0.15) is 35.1 Å². The number of alkyl carbamates (subject to hydrolysis) is 1. The number of carbonyl (C=O) groups is 4. The highest BCUT2D eigenvalue weighted by Crippen LogP contribution is 2.53. The number of aromatic nitrogens is 1. The Morgan fingerprint density at radius 2 is 1.84 bits per heavy atom. The Morgan fingerprint density at radius 1 is 1.07 bits per heavy atom. The Bertz CT molecular complexity index is 2300. The molecule has 8 atom stereocenters. The van der Waals surface area contributed by atoms with E-state index in [0.29, 0.717) is 50.4 Å². The van der Waals surface area contributed by atoms with Crippen LogP contribution in [0.25, 0.3) is 10.9 Å². The lowest BCUT2D eigenvalue weighted by molar-refractivity contribution is -0.144. The summed E-state index contributed by atoms with van der Waals surface area (Å²) in [7, 11) is -4.11. The average Bonchev–Trinajstić information content (AvgIpc) is 4.16. The van der Waals surface area contributed by atoms with E-state index in [2.05, 4.69) is 20.3 Å².